The first-order chi connectivity index (χ1) is 11.4. The minimum absolute atomic E-state index is 0.130. The highest BCUT2D eigenvalue weighted by atomic mass is 32.1. The molecule has 0 fully saturated rings. The van der Waals surface area contributed by atoms with E-state index in [0.717, 1.165) is 0 Å². The summed E-state index contributed by atoms with van der Waals surface area (Å²) in [5.41, 5.74) is 0.289. The van der Waals surface area contributed by atoms with Crippen LogP contribution < -0.4 is 10.6 Å². The Hall–Kier alpha value is -2.87. The maximum Gasteiger partial charge on any atom is 0.337 e. The number of hydrogen-bond acceptors (Lipinski definition) is 6. The van der Waals surface area contributed by atoms with Crippen LogP contribution in [0.3, 0.4) is 0 Å². The second-order valence-corrected chi connectivity index (χ2v) is 5.83. The third kappa shape index (κ3) is 4.11. The number of methoxy groups -OCH3 is 1. The summed E-state index contributed by atoms with van der Waals surface area (Å²) >= 11 is 1.27. The first-order valence-corrected chi connectivity index (χ1v) is 7.87. The van der Waals surface area contributed by atoms with Gasteiger partial charge in [0.25, 0.3) is 5.91 Å². The van der Waals surface area contributed by atoms with Crippen LogP contribution in [-0.2, 0) is 9.53 Å². The Morgan fingerprint density at radius 1 is 1.25 bits per heavy atom. The van der Waals surface area contributed by atoms with Crippen molar-refractivity contribution in [3.63, 3.8) is 0 Å². The molecular weight excluding hydrogens is 332 g/mol. The SMILES string of the molecule is COC(=O)c1ccc(NC(=O)C(C)NC(=O)c2cccs2)c(O)c1. The number of benzene rings is 1. The van der Waals surface area contributed by atoms with Gasteiger partial charge in [-0.2, -0.15) is 0 Å². The van der Waals surface area contributed by atoms with Gasteiger partial charge in [-0.25, -0.2) is 4.79 Å². The fraction of sp³-hybridized carbons (Fsp3) is 0.188. The van der Waals surface area contributed by atoms with Gasteiger partial charge < -0.3 is 20.5 Å². The van der Waals surface area contributed by atoms with Gasteiger partial charge in [-0.3, -0.25) is 9.59 Å². The fourth-order valence-electron chi connectivity index (χ4n) is 1.86. The lowest BCUT2D eigenvalue weighted by Gasteiger charge is -2.14. The standard InChI is InChI=1S/C16H16N2O5S/c1-9(17-15(21)13-4-3-7-24-13)14(20)18-11-6-5-10(8-12(11)19)16(22)23-2/h3-9,19H,1-2H3,(H,17,21)(H,18,20). The van der Waals surface area contributed by atoms with Gasteiger partial charge in [0, 0.05) is 0 Å². The van der Waals surface area contributed by atoms with E-state index in [2.05, 4.69) is 15.4 Å². The summed E-state index contributed by atoms with van der Waals surface area (Å²) in [5, 5.41) is 16.7. The zero-order valence-corrected chi connectivity index (χ0v) is 13.8. The van der Waals surface area contributed by atoms with Crippen LogP contribution in [0.4, 0.5) is 5.69 Å². The summed E-state index contributed by atoms with van der Waals surface area (Å²) < 4.78 is 4.55. The molecule has 0 aliphatic carbocycles. The van der Waals surface area contributed by atoms with Crippen LogP contribution in [0.2, 0.25) is 0 Å². The Morgan fingerprint density at radius 2 is 2.00 bits per heavy atom. The molecule has 0 aliphatic heterocycles. The van der Waals surface area contributed by atoms with Gasteiger partial charge in [0.05, 0.1) is 23.2 Å². The van der Waals surface area contributed by atoms with Gasteiger partial charge in [-0.05, 0) is 36.6 Å². The largest absolute Gasteiger partial charge is 0.506 e. The normalized spacial score (nSPS) is 11.4. The number of aromatic hydroxyl groups is 1. The third-order valence-corrected chi connectivity index (χ3v) is 4.03. The van der Waals surface area contributed by atoms with Crippen LogP contribution in [0.15, 0.2) is 35.7 Å². The highest BCUT2D eigenvalue weighted by Gasteiger charge is 2.19. The summed E-state index contributed by atoms with van der Waals surface area (Å²) in [7, 11) is 1.23. The van der Waals surface area contributed by atoms with Gasteiger partial charge in [0.2, 0.25) is 5.91 Å². The van der Waals surface area contributed by atoms with Crippen molar-refractivity contribution in [1.82, 2.24) is 5.32 Å². The molecule has 0 saturated carbocycles. The Morgan fingerprint density at radius 3 is 2.58 bits per heavy atom. The molecule has 8 heteroatoms. The molecule has 126 valence electrons. The predicted octanol–water partition coefficient (Wildman–Crippen LogP) is 2.00. The Bertz CT molecular complexity index is 758. The monoisotopic (exact) mass is 348 g/mol. The van der Waals surface area contributed by atoms with E-state index in [4.69, 9.17) is 0 Å². The lowest BCUT2D eigenvalue weighted by atomic mass is 10.2. The van der Waals surface area contributed by atoms with E-state index in [1.807, 2.05) is 0 Å². The van der Waals surface area contributed by atoms with Crippen molar-refractivity contribution in [2.75, 3.05) is 12.4 Å². The van der Waals surface area contributed by atoms with E-state index in [9.17, 15) is 19.5 Å². The maximum atomic E-state index is 12.1. The summed E-state index contributed by atoms with van der Waals surface area (Å²) in [6.07, 6.45) is 0. The van der Waals surface area contributed by atoms with Crippen LogP contribution in [0.5, 0.6) is 5.75 Å². The molecular formula is C16H16N2O5S. The number of carbonyl (C=O) groups excluding carboxylic acids is 3. The summed E-state index contributed by atoms with van der Waals surface area (Å²) in [6.45, 7) is 1.53. The predicted molar refractivity (Wildman–Crippen MR) is 89.3 cm³/mol. The number of phenols is 1. The van der Waals surface area contributed by atoms with Gasteiger partial charge in [0.1, 0.15) is 11.8 Å². The number of hydrogen-bond donors (Lipinski definition) is 3. The maximum absolute atomic E-state index is 12.1. The summed E-state index contributed by atoms with van der Waals surface area (Å²) in [4.78, 5) is 35.9. The lowest BCUT2D eigenvalue weighted by Crippen LogP contribution is -2.41. The van der Waals surface area contributed by atoms with Gasteiger partial charge >= 0.3 is 5.97 Å². The van der Waals surface area contributed by atoms with Gasteiger partial charge in [-0.15, -0.1) is 11.3 Å². The van der Waals surface area contributed by atoms with Crippen LogP contribution >= 0.6 is 11.3 Å². The number of nitrogens with one attached hydrogen (secondary N) is 2. The van der Waals surface area contributed by atoms with Gasteiger partial charge in [-0.1, -0.05) is 6.07 Å². The smallest absolute Gasteiger partial charge is 0.337 e. The van der Waals surface area contributed by atoms with Gasteiger partial charge in [0.15, 0.2) is 0 Å². The highest BCUT2D eigenvalue weighted by Crippen LogP contribution is 2.24. The molecule has 2 rings (SSSR count). The molecule has 0 saturated heterocycles. The molecule has 1 aromatic carbocycles. The van der Waals surface area contributed by atoms with Crippen molar-refractivity contribution in [2.45, 2.75) is 13.0 Å². The van der Waals surface area contributed by atoms with E-state index >= 15 is 0 Å². The summed E-state index contributed by atoms with van der Waals surface area (Å²) in [5.74, 6) is -1.72. The van der Waals surface area contributed by atoms with Crippen molar-refractivity contribution < 1.29 is 24.2 Å². The third-order valence-electron chi connectivity index (χ3n) is 3.16. The van der Waals surface area contributed by atoms with Crippen LogP contribution in [-0.4, -0.2) is 36.0 Å². The second-order valence-electron chi connectivity index (χ2n) is 4.89. The molecule has 2 aromatic rings. The molecule has 0 spiro atoms. The number of anilines is 1. The van der Waals surface area contributed by atoms with Crippen molar-refractivity contribution in [2.24, 2.45) is 0 Å². The van der Waals surface area contributed by atoms with Crippen molar-refractivity contribution in [3.8, 4) is 5.75 Å². The molecule has 24 heavy (non-hydrogen) atoms. The Balaban J connectivity index is 2.01. The van der Waals surface area contributed by atoms with Crippen molar-refractivity contribution in [1.29, 1.82) is 0 Å². The number of ether oxygens (including phenoxy) is 1. The Kier molecular flexibility index (Phi) is 5.54. The van der Waals surface area contributed by atoms with Crippen LogP contribution in [0.1, 0.15) is 27.0 Å². The van der Waals surface area contributed by atoms with Crippen LogP contribution in [0.25, 0.3) is 0 Å². The molecule has 2 amide bonds. The molecule has 0 aliphatic rings. The number of amides is 2. The Labute approximate surface area is 142 Å². The molecule has 0 bridgehead atoms. The quantitative estimate of drug-likeness (QED) is 0.566. The molecule has 1 heterocycles. The minimum Gasteiger partial charge on any atom is -0.506 e. The molecule has 1 atom stereocenters. The van der Waals surface area contributed by atoms with E-state index in [-0.39, 0.29) is 22.9 Å². The van der Waals surface area contributed by atoms with E-state index in [1.54, 1.807) is 17.5 Å². The lowest BCUT2D eigenvalue weighted by molar-refractivity contribution is -0.117. The van der Waals surface area contributed by atoms with E-state index in [1.165, 1.54) is 43.6 Å². The molecule has 1 unspecified atom stereocenters. The zero-order chi connectivity index (χ0) is 17.7. The molecule has 1 aromatic heterocycles. The molecule has 3 N–H and O–H groups in total. The number of rotatable bonds is 5. The average Bonchev–Trinajstić information content (AvgIpc) is 3.10. The average molecular weight is 348 g/mol. The number of esters is 1. The summed E-state index contributed by atoms with van der Waals surface area (Å²) in [6, 6.07) is 6.58. The van der Waals surface area contributed by atoms with E-state index in [0.29, 0.717) is 4.88 Å². The van der Waals surface area contributed by atoms with Crippen LogP contribution in [0, 0.1) is 0 Å². The topological polar surface area (TPSA) is 105 Å². The van der Waals surface area contributed by atoms with Crippen molar-refractivity contribution in [3.05, 3.63) is 46.2 Å². The minimum atomic E-state index is -0.806. The number of phenolic OH excluding ortho intramolecular Hbond substituents is 1. The molecule has 0 radical (unpaired) electrons. The number of thiophene rings is 1. The zero-order valence-electron chi connectivity index (χ0n) is 13.0. The highest BCUT2D eigenvalue weighted by molar-refractivity contribution is 7.12. The second kappa shape index (κ2) is 7.60. The fourth-order valence-corrected chi connectivity index (χ4v) is 2.49. The first kappa shape index (κ1) is 17.5. The molecule has 7 nitrogen and oxygen atoms in total. The van der Waals surface area contributed by atoms with E-state index < -0.39 is 17.9 Å². The van der Waals surface area contributed by atoms with Crippen molar-refractivity contribution >= 4 is 34.8 Å². The number of carbonyl (C=O) groups is 3. The first-order valence-electron chi connectivity index (χ1n) is 6.99.